The van der Waals surface area contributed by atoms with Crippen molar-refractivity contribution in [2.75, 3.05) is 31.6 Å². The second-order valence-electron chi connectivity index (χ2n) is 6.97. The number of rotatable bonds is 1. The number of likely N-dealkylation sites (N-methyl/N-ethyl adjacent to an activating group) is 1. The maximum Gasteiger partial charge on any atom is 0.264 e. The van der Waals surface area contributed by atoms with E-state index >= 15 is 0 Å². The van der Waals surface area contributed by atoms with Crippen LogP contribution in [-0.2, 0) is 22.7 Å². The van der Waals surface area contributed by atoms with Gasteiger partial charge in [0.1, 0.15) is 0 Å². The van der Waals surface area contributed by atoms with Crippen molar-refractivity contribution in [2.45, 2.75) is 37.8 Å². The van der Waals surface area contributed by atoms with Crippen molar-refractivity contribution in [3.05, 3.63) is 21.4 Å². The fourth-order valence-corrected chi connectivity index (χ4v) is 7.38. The van der Waals surface area contributed by atoms with Gasteiger partial charge in [-0.25, -0.2) is 8.42 Å². The van der Waals surface area contributed by atoms with E-state index < -0.39 is 9.84 Å². The first kappa shape index (κ1) is 15.6. The summed E-state index contributed by atoms with van der Waals surface area (Å²) in [6.07, 6.45) is 4.41. The van der Waals surface area contributed by atoms with Gasteiger partial charge in [-0.3, -0.25) is 9.69 Å². The summed E-state index contributed by atoms with van der Waals surface area (Å²) in [5.74, 6) is 0.347. The smallest absolute Gasteiger partial charge is 0.264 e. The van der Waals surface area contributed by atoms with Crippen LogP contribution in [0.5, 0.6) is 0 Å². The Morgan fingerprint density at radius 2 is 1.91 bits per heavy atom. The monoisotopic (exact) mass is 354 g/mol. The molecule has 2 fully saturated rings. The van der Waals surface area contributed by atoms with Gasteiger partial charge in [-0.2, -0.15) is 0 Å². The third-order valence-corrected chi connectivity index (χ3v) is 8.27. The molecular weight excluding hydrogens is 332 g/mol. The van der Waals surface area contributed by atoms with Crippen molar-refractivity contribution in [3.63, 3.8) is 0 Å². The summed E-state index contributed by atoms with van der Waals surface area (Å²) in [5, 5.41) is 2.13. The van der Waals surface area contributed by atoms with Crippen LogP contribution in [0, 0.1) is 0 Å². The summed E-state index contributed by atoms with van der Waals surface area (Å²) in [7, 11) is -1.08. The zero-order valence-electron chi connectivity index (χ0n) is 13.3. The van der Waals surface area contributed by atoms with Crippen molar-refractivity contribution >= 4 is 27.1 Å². The lowest BCUT2D eigenvalue weighted by Crippen LogP contribution is -2.59. The highest BCUT2D eigenvalue weighted by atomic mass is 32.2. The Morgan fingerprint density at radius 1 is 1.17 bits per heavy atom. The summed E-state index contributed by atoms with van der Waals surface area (Å²) in [6.45, 7) is 1.37. The number of aryl methyl sites for hydroxylation is 1. The first-order valence-corrected chi connectivity index (χ1v) is 11.0. The van der Waals surface area contributed by atoms with Crippen LogP contribution in [0.2, 0.25) is 0 Å². The number of nitrogens with zero attached hydrogens (tertiary/aromatic N) is 2. The molecule has 1 aliphatic carbocycles. The maximum atomic E-state index is 13.1. The second-order valence-corrected chi connectivity index (χ2v) is 10.00. The van der Waals surface area contributed by atoms with Crippen LogP contribution >= 0.6 is 11.3 Å². The van der Waals surface area contributed by atoms with E-state index in [1.54, 1.807) is 11.3 Å². The van der Waals surface area contributed by atoms with Crippen LogP contribution in [0.25, 0.3) is 0 Å². The van der Waals surface area contributed by atoms with Crippen molar-refractivity contribution in [2.24, 2.45) is 0 Å². The molecule has 0 saturated carbocycles. The number of hydrogen-bond donors (Lipinski definition) is 0. The van der Waals surface area contributed by atoms with E-state index in [1.165, 1.54) is 17.5 Å². The molecule has 3 aliphatic rings. The quantitative estimate of drug-likeness (QED) is 0.760. The standard InChI is InChI=1S/C16H22N2O3S2/c1-17-6-7-18(14-10-23(20,21)9-13(14)17)16(19)15-12-5-3-2-4-11(12)8-22-15/h8,13-14H,2-7,9-10H2,1H3. The van der Waals surface area contributed by atoms with Gasteiger partial charge in [0.05, 0.1) is 22.4 Å². The van der Waals surface area contributed by atoms with Gasteiger partial charge < -0.3 is 4.90 Å². The molecule has 2 aliphatic heterocycles. The molecule has 4 rings (SSSR count). The fourth-order valence-electron chi connectivity index (χ4n) is 4.21. The highest BCUT2D eigenvalue weighted by Gasteiger charge is 2.47. The molecule has 0 aromatic carbocycles. The molecule has 1 aromatic rings. The van der Waals surface area contributed by atoms with Crippen molar-refractivity contribution < 1.29 is 13.2 Å². The number of thiophene rings is 1. The largest absolute Gasteiger partial charge is 0.331 e. The van der Waals surface area contributed by atoms with Crippen molar-refractivity contribution in [3.8, 4) is 0 Å². The molecule has 3 heterocycles. The van der Waals surface area contributed by atoms with Crippen LogP contribution < -0.4 is 0 Å². The zero-order valence-corrected chi connectivity index (χ0v) is 15.0. The summed E-state index contributed by atoms with van der Waals surface area (Å²) >= 11 is 1.55. The molecule has 1 aromatic heterocycles. The van der Waals surface area contributed by atoms with Gasteiger partial charge in [-0.05, 0) is 49.2 Å². The zero-order chi connectivity index (χ0) is 16.2. The molecule has 0 spiro atoms. The molecule has 7 heteroatoms. The fraction of sp³-hybridized carbons (Fsp3) is 0.688. The molecular formula is C16H22N2O3S2. The molecule has 2 unspecified atom stereocenters. The Bertz CT molecular complexity index is 741. The van der Waals surface area contributed by atoms with Crippen LogP contribution in [0.1, 0.15) is 33.6 Å². The van der Waals surface area contributed by atoms with Crippen molar-refractivity contribution in [1.29, 1.82) is 0 Å². The Hall–Kier alpha value is -0.920. The summed E-state index contributed by atoms with van der Waals surface area (Å²) in [5.41, 5.74) is 2.55. The van der Waals surface area contributed by atoms with Crippen LogP contribution in [-0.4, -0.2) is 67.9 Å². The van der Waals surface area contributed by atoms with Gasteiger partial charge in [0.25, 0.3) is 5.91 Å². The van der Waals surface area contributed by atoms with Gasteiger partial charge in [0, 0.05) is 19.1 Å². The number of piperazine rings is 1. The first-order chi connectivity index (χ1) is 11.0. The van der Waals surface area contributed by atoms with Gasteiger partial charge in [-0.15, -0.1) is 11.3 Å². The van der Waals surface area contributed by atoms with Crippen LogP contribution in [0.15, 0.2) is 5.38 Å². The maximum absolute atomic E-state index is 13.1. The van der Waals surface area contributed by atoms with Crippen LogP contribution in [0.4, 0.5) is 0 Å². The predicted molar refractivity (Wildman–Crippen MR) is 90.9 cm³/mol. The number of sulfone groups is 1. The molecule has 2 saturated heterocycles. The van der Waals surface area contributed by atoms with Gasteiger partial charge in [-0.1, -0.05) is 0 Å². The van der Waals surface area contributed by atoms with Crippen molar-refractivity contribution in [1.82, 2.24) is 9.80 Å². The van der Waals surface area contributed by atoms with E-state index in [4.69, 9.17) is 0 Å². The van der Waals surface area contributed by atoms with E-state index in [2.05, 4.69) is 10.3 Å². The number of carbonyl (C=O) groups excluding carboxylic acids is 1. The van der Waals surface area contributed by atoms with Gasteiger partial charge in [0.15, 0.2) is 9.84 Å². The lowest BCUT2D eigenvalue weighted by Gasteiger charge is -2.42. The molecule has 0 N–H and O–H groups in total. The SMILES string of the molecule is CN1CCN(C(=O)c2scc3c2CCCC3)C2CS(=O)(=O)CC21. The Kier molecular flexibility index (Phi) is 3.77. The molecule has 23 heavy (non-hydrogen) atoms. The topological polar surface area (TPSA) is 57.7 Å². The average molecular weight is 354 g/mol. The van der Waals surface area contributed by atoms with Gasteiger partial charge in [0.2, 0.25) is 0 Å². The molecule has 0 radical (unpaired) electrons. The molecule has 126 valence electrons. The normalized spacial score (nSPS) is 30.0. The number of carbonyl (C=O) groups is 1. The highest BCUT2D eigenvalue weighted by Crippen LogP contribution is 2.33. The first-order valence-electron chi connectivity index (χ1n) is 8.27. The predicted octanol–water partition coefficient (Wildman–Crippen LogP) is 1.18. The minimum atomic E-state index is -3.05. The summed E-state index contributed by atoms with van der Waals surface area (Å²) < 4.78 is 24.1. The van der Waals surface area contributed by atoms with E-state index in [0.717, 1.165) is 30.7 Å². The minimum Gasteiger partial charge on any atom is -0.331 e. The number of hydrogen-bond acceptors (Lipinski definition) is 5. The Morgan fingerprint density at radius 3 is 2.74 bits per heavy atom. The lowest BCUT2D eigenvalue weighted by molar-refractivity contribution is 0.0413. The van der Waals surface area contributed by atoms with Crippen LogP contribution in [0.3, 0.4) is 0 Å². The summed E-state index contributed by atoms with van der Waals surface area (Å²) in [4.78, 5) is 17.9. The van der Waals surface area contributed by atoms with E-state index in [0.29, 0.717) is 6.54 Å². The Labute approximate surface area is 141 Å². The Balaban J connectivity index is 1.65. The summed E-state index contributed by atoms with van der Waals surface area (Å²) in [6, 6.07) is -0.235. The third kappa shape index (κ3) is 2.62. The second kappa shape index (κ2) is 5.57. The third-order valence-electron chi connectivity index (χ3n) is 5.51. The lowest BCUT2D eigenvalue weighted by atomic mass is 9.93. The average Bonchev–Trinajstić information content (AvgIpc) is 3.07. The number of amides is 1. The van der Waals surface area contributed by atoms with E-state index in [-0.39, 0.29) is 29.5 Å². The number of fused-ring (bicyclic) bond motifs is 2. The molecule has 5 nitrogen and oxygen atoms in total. The highest BCUT2D eigenvalue weighted by molar-refractivity contribution is 7.91. The van der Waals surface area contributed by atoms with Gasteiger partial charge >= 0.3 is 0 Å². The minimum absolute atomic E-state index is 0.0477. The molecule has 1 amide bonds. The molecule has 0 bridgehead atoms. The van der Waals surface area contributed by atoms with E-state index in [9.17, 15) is 13.2 Å². The van der Waals surface area contributed by atoms with E-state index in [1.807, 2.05) is 11.9 Å². The molecule has 2 atom stereocenters.